The van der Waals surface area contributed by atoms with E-state index in [1.54, 1.807) is 20.8 Å². The van der Waals surface area contributed by atoms with Crippen LogP contribution in [-0.2, 0) is 12.1 Å². The summed E-state index contributed by atoms with van der Waals surface area (Å²) < 4.78 is 66.6. The summed E-state index contributed by atoms with van der Waals surface area (Å²) in [4.78, 5) is 17.7. The third kappa shape index (κ3) is 5.30. The number of pyridine rings is 1. The molecule has 1 saturated heterocycles. The summed E-state index contributed by atoms with van der Waals surface area (Å²) in [6, 6.07) is 1.02. The van der Waals surface area contributed by atoms with Crippen LogP contribution < -0.4 is 0 Å². The summed E-state index contributed by atoms with van der Waals surface area (Å²) in [5.41, 5.74) is -2.40. The Morgan fingerprint density at radius 2 is 1.75 bits per heavy atom. The lowest BCUT2D eigenvalue weighted by atomic mass is 9.96. The molecule has 0 spiro atoms. The number of nitrogens with zero attached hydrogens (tertiary/aromatic N) is 3. The number of alkyl halides is 5. The Labute approximate surface area is 160 Å². The van der Waals surface area contributed by atoms with Crippen LogP contribution in [0, 0.1) is 0 Å². The number of carbonyl (C=O) groups is 1. The molecule has 2 rings (SSSR count). The van der Waals surface area contributed by atoms with Gasteiger partial charge in [-0.2, -0.15) is 22.0 Å². The molecular weight excluding hydrogens is 385 g/mol. The van der Waals surface area contributed by atoms with Gasteiger partial charge in [-0.25, -0.2) is 4.79 Å². The molecule has 1 aromatic rings. The summed E-state index contributed by atoms with van der Waals surface area (Å²) in [6.45, 7) is 5.18. The van der Waals surface area contributed by atoms with Gasteiger partial charge >= 0.3 is 18.2 Å². The normalized spacial score (nSPS) is 17.6. The number of rotatable bonds is 4. The maximum Gasteiger partial charge on any atom is 0.417 e. The molecule has 0 saturated carbocycles. The highest BCUT2D eigenvalue weighted by Crippen LogP contribution is 2.33. The van der Waals surface area contributed by atoms with Crippen molar-refractivity contribution in [3.63, 3.8) is 0 Å². The molecule has 5 nitrogen and oxygen atoms in total. The van der Waals surface area contributed by atoms with Crippen LogP contribution in [0.5, 0.6) is 0 Å². The zero-order valence-corrected chi connectivity index (χ0v) is 15.9. The van der Waals surface area contributed by atoms with E-state index >= 15 is 0 Å². The van der Waals surface area contributed by atoms with Crippen molar-refractivity contribution >= 4 is 6.09 Å². The standard InChI is InChI=1S/C18H24F5N3O2/c1-16(2,3)26(15(27)28)13-6-8-25(9-7-13)11-17(19,20)14-5-4-12(10-24-14)18(21,22)23/h4-5,10,13H,6-9,11H2,1-3H3,(H,27,28). The number of piperidine rings is 1. The number of likely N-dealkylation sites (tertiary alicyclic amines) is 1. The molecule has 1 amide bonds. The summed E-state index contributed by atoms with van der Waals surface area (Å²) in [5.74, 6) is -3.41. The minimum Gasteiger partial charge on any atom is -0.465 e. The second-order valence-electron chi connectivity index (χ2n) is 7.97. The highest BCUT2D eigenvalue weighted by atomic mass is 19.4. The summed E-state index contributed by atoms with van der Waals surface area (Å²) >= 11 is 0. The molecule has 0 radical (unpaired) electrons. The Hall–Kier alpha value is -1.97. The maximum atomic E-state index is 14.5. The third-order valence-corrected chi connectivity index (χ3v) is 4.74. The summed E-state index contributed by atoms with van der Waals surface area (Å²) in [6.07, 6.45) is -4.47. The molecule has 1 fully saturated rings. The Morgan fingerprint density at radius 1 is 1.18 bits per heavy atom. The number of hydrogen-bond acceptors (Lipinski definition) is 3. The fourth-order valence-electron chi connectivity index (χ4n) is 3.47. The van der Waals surface area contributed by atoms with Gasteiger partial charge < -0.3 is 10.0 Å². The van der Waals surface area contributed by atoms with Gasteiger partial charge in [0.15, 0.2) is 0 Å². The zero-order chi connectivity index (χ0) is 21.3. The molecule has 1 aliphatic heterocycles. The van der Waals surface area contributed by atoms with E-state index in [9.17, 15) is 31.9 Å². The van der Waals surface area contributed by atoms with Crippen LogP contribution >= 0.6 is 0 Å². The van der Waals surface area contributed by atoms with E-state index in [1.807, 2.05) is 0 Å². The maximum absolute atomic E-state index is 14.5. The molecule has 1 aliphatic rings. The lowest BCUT2D eigenvalue weighted by Gasteiger charge is -2.43. The number of hydrogen-bond donors (Lipinski definition) is 1. The van der Waals surface area contributed by atoms with Gasteiger partial charge in [-0.05, 0) is 45.7 Å². The summed E-state index contributed by atoms with van der Waals surface area (Å²) in [7, 11) is 0. The van der Waals surface area contributed by atoms with Crippen LogP contribution in [0.2, 0.25) is 0 Å². The van der Waals surface area contributed by atoms with Gasteiger partial charge in [0.1, 0.15) is 5.69 Å². The van der Waals surface area contributed by atoms with E-state index < -0.39 is 41.5 Å². The van der Waals surface area contributed by atoms with Crippen LogP contribution in [0.25, 0.3) is 0 Å². The Kier molecular flexibility index (Phi) is 6.22. The van der Waals surface area contributed by atoms with Crippen molar-refractivity contribution in [2.45, 2.75) is 57.3 Å². The number of carboxylic acid groups (broad SMARTS) is 1. The van der Waals surface area contributed by atoms with Gasteiger partial charge in [-0.15, -0.1) is 0 Å². The molecular formula is C18H24F5N3O2. The van der Waals surface area contributed by atoms with Gasteiger partial charge in [0.25, 0.3) is 0 Å². The highest BCUT2D eigenvalue weighted by Gasteiger charge is 2.40. The minimum absolute atomic E-state index is 0.265. The average Bonchev–Trinajstić information content (AvgIpc) is 2.54. The molecule has 158 valence electrons. The Bertz CT molecular complexity index is 678. The van der Waals surface area contributed by atoms with E-state index in [1.165, 1.54) is 9.80 Å². The van der Waals surface area contributed by atoms with E-state index in [2.05, 4.69) is 4.98 Å². The van der Waals surface area contributed by atoms with E-state index in [0.29, 0.717) is 31.2 Å². The molecule has 10 heteroatoms. The van der Waals surface area contributed by atoms with Crippen molar-refractivity contribution in [3.8, 4) is 0 Å². The second-order valence-corrected chi connectivity index (χ2v) is 7.97. The van der Waals surface area contributed by atoms with Crippen LogP contribution in [0.3, 0.4) is 0 Å². The van der Waals surface area contributed by atoms with Gasteiger partial charge in [-0.3, -0.25) is 9.88 Å². The monoisotopic (exact) mass is 409 g/mol. The third-order valence-electron chi connectivity index (χ3n) is 4.74. The van der Waals surface area contributed by atoms with Crippen molar-refractivity contribution < 1.29 is 31.9 Å². The Morgan fingerprint density at radius 3 is 2.14 bits per heavy atom. The van der Waals surface area contributed by atoms with Crippen molar-refractivity contribution in [3.05, 3.63) is 29.6 Å². The SMILES string of the molecule is CC(C)(C)N(C(=O)O)C1CCN(CC(F)(F)c2ccc(C(F)(F)F)cn2)CC1. The molecule has 0 bridgehead atoms. The zero-order valence-electron chi connectivity index (χ0n) is 15.9. The lowest BCUT2D eigenvalue weighted by Crippen LogP contribution is -2.55. The predicted molar refractivity (Wildman–Crippen MR) is 92.2 cm³/mol. The fourth-order valence-corrected chi connectivity index (χ4v) is 3.47. The van der Waals surface area contributed by atoms with Gasteiger partial charge in [0, 0.05) is 30.9 Å². The lowest BCUT2D eigenvalue weighted by molar-refractivity contribution is -0.138. The van der Waals surface area contributed by atoms with Crippen molar-refractivity contribution in [1.82, 2.24) is 14.8 Å². The van der Waals surface area contributed by atoms with E-state index in [-0.39, 0.29) is 19.1 Å². The van der Waals surface area contributed by atoms with Gasteiger partial charge in [-0.1, -0.05) is 0 Å². The minimum atomic E-state index is -4.63. The first-order valence-electron chi connectivity index (χ1n) is 8.88. The smallest absolute Gasteiger partial charge is 0.417 e. The molecule has 0 atom stereocenters. The fraction of sp³-hybridized carbons (Fsp3) is 0.667. The first kappa shape index (κ1) is 22.3. The largest absolute Gasteiger partial charge is 0.465 e. The van der Waals surface area contributed by atoms with Crippen LogP contribution in [0.1, 0.15) is 44.9 Å². The molecule has 0 aliphatic carbocycles. The predicted octanol–water partition coefficient (Wildman–Crippen LogP) is 4.44. The van der Waals surface area contributed by atoms with Crippen molar-refractivity contribution in [2.24, 2.45) is 0 Å². The van der Waals surface area contributed by atoms with Crippen LogP contribution in [0.4, 0.5) is 26.7 Å². The molecule has 0 aromatic carbocycles. The first-order chi connectivity index (χ1) is 12.7. The topological polar surface area (TPSA) is 56.7 Å². The molecule has 1 aromatic heterocycles. The second kappa shape index (κ2) is 7.81. The van der Waals surface area contributed by atoms with Crippen molar-refractivity contribution in [1.29, 1.82) is 0 Å². The van der Waals surface area contributed by atoms with Crippen LogP contribution in [-0.4, -0.2) is 57.2 Å². The first-order valence-corrected chi connectivity index (χ1v) is 8.88. The molecule has 28 heavy (non-hydrogen) atoms. The van der Waals surface area contributed by atoms with Gasteiger partial charge in [0.2, 0.25) is 0 Å². The number of amides is 1. The van der Waals surface area contributed by atoms with E-state index in [4.69, 9.17) is 0 Å². The molecule has 0 unspecified atom stereocenters. The highest BCUT2D eigenvalue weighted by molar-refractivity contribution is 5.66. The molecule has 2 heterocycles. The van der Waals surface area contributed by atoms with Crippen molar-refractivity contribution in [2.75, 3.05) is 19.6 Å². The number of aromatic nitrogens is 1. The quantitative estimate of drug-likeness (QED) is 0.748. The van der Waals surface area contributed by atoms with Gasteiger partial charge in [0.05, 0.1) is 12.1 Å². The summed E-state index contributed by atoms with van der Waals surface area (Å²) in [5, 5.41) is 9.45. The average molecular weight is 409 g/mol. The van der Waals surface area contributed by atoms with Crippen LogP contribution in [0.15, 0.2) is 18.3 Å². The number of halogens is 5. The Balaban J connectivity index is 2.00. The van der Waals surface area contributed by atoms with E-state index in [0.717, 1.165) is 0 Å². The molecule has 1 N–H and O–H groups in total.